The molecule has 0 saturated carbocycles. The summed E-state index contributed by atoms with van der Waals surface area (Å²) in [5.41, 5.74) is 3.69. The topological polar surface area (TPSA) is 108 Å². The van der Waals surface area contributed by atoms with Gasteiger partial charge in [-0.05, 0) is 47.9 Å². The summed E-state index contributed by atoms with van der Waals surface area (Å²) < 4.78 is 6.95. The molecule has 0 bridgehead atoms. The van der Waals surface area contributed by atoms with E-state index in [4.69, 9.17) is 4.74 Å². The lowest BCUT2D eigenvalue weighted by Gasteiger charge is -2.12. The quantitative estimate of drug-likeness (QED) is 0.477. The highest BCUT2D eigenvalue weighted by Gasteiger charge is 2.18. The van der Waals surface area contributed by atoms with Gasteiger partial charge in [0.25, 0.3) is 5.56 Å². The van der Waals surface area contributed by atoms with Crippen molar-refractivity contribution in [1.29, 1.82) is 0 Å². The molecule has 0 aliphatic heterocycles. The highest BCUT2D eigenvalue weighted by Crippen LogP contribution is 2.22. The molecule has 0 saturated heterocycles. The molecule has 0 spiro atoms. The molecular weight excluding hydrogens is 408 g/mol. The molecule has 9 heteroatoms. The van der Waals surface area contributed by atoms with Crippen molar-refractivity contribution in [3.05, 3.63) is 76.2 Å². The SMILES string of the molecule is Cc1nn(C)c(=O)c(-c2nnn(CC(O)COc3ccc(-c4ccccc4)cc3)n2)c1C. The first kappa shape index (κ1) is 21.4. The molecular formula is C23H24N6O3. The summed E-state index contributed by atoms with van der Waals surface area (Å²) in [6.07, 6.45) is -0.853. The van der Waals surface area contributed by atoms with Crippen LogP contribution in [0, 0.1) is 13.8 Å². The van der Waals surface area contributed by atoms with Gasteiger partial charge in [0.2, 0.25) is 5.82 Å². The predicted octanol–water partition coefficient (Wildman–Crippen LogP) is 2.16. The summed E-state index contributed by atoms with van der Waals surface area (Å²) in [6.45, 7) is 3.76. The van der Waals surface area contributed by atoms with Crippen molar-refractivity contribution in [1.82, 2.24) is 30.0 Å². The largest absolute Gasteiger partial charge is 0.491 e. The van der Waals surface area contributed by atoms with E-state index in [9.17, 15) is 9.90 Å². The van der Waals surface area contributed by atoms with Crippen molar-refractivity contribution in [2.45, 2.75) is 26.5 Å². The van der Waals surface area contributed by atoms with E-state index >= 15 is 0 Å². The number of ether oxygens (including phenoxy) is 1. The van der Waals surface area contributed by atoms with Crippen molar-refractivity contribution >= 4 is 0 Å². The number of hydrogen-bond donors (Lipinski definition) is 1. The van der Waals surface area contributed by atoms with Gasteiger partial charge in [-0.25, -0.2) is 4.68 Å². The van der Waals surface area contributed by atoms with Gasteiger partial charge in [0.05, 0.1) is 17.8 Å². The third kappa shape index (κ3) is 4.57. The summed E-state index contributed by atoms with van der Waals surface area (Å²) in [5.74, 6) is 0.862. The molecule has 4 aromatic rings. The summed E-state index contributed by atoms with van der Waals surface area (Å²) in [4.78, 5) is 13.7. The molecule has 9 nitrogen and oxygen atoms in total. The minimum absolute atomic E-state index is 0.0662. The fourth-order valence-electron chi connectivity index (χ4n) is 3.34. The van der Waals surface area contributed by atoms with Crippen LogP contribution in [0.15, 0.2) is 59.4 Å². The maximum absolute atomic E-state index is 12.5. The molecule has 1 N–H and O–H groups in total. The van der Waals surface area contributed by atoms with Gasteiger partial charge in [0, 0.05) is 7.05 Å². The highest BCUT2D eigenvalue weighted by molar-refractivity contribution is 5.63. The second-order valence-corrected chi connectivity index (χ2v) is 7.54. The van der Waals surface area contributed by atoms with Gasteiger partial charge in [-0.1, -0.05) is 42.5 Å². The Morgan fingerprint density at radius 3 is 2.41 bits per heavy atom. The number of aliphatic hydroxyl groups excluding tert-OH is 1. The molecule has 0 amide bonds. The van der Waals surface area contributed by atoms with E-state index in [-0.39, 0.29) is 24.5 Å². The Bertz CT molecular complexity index is 1270. The van der Waals surface area contributed by atoms with Gasteiger partial charge >= 0.3 is 0 Å². The van der Waals surface area contributed by atoms with Crippen molar-refractivity contribution in [2.24, 2.45) is 7.05 Å². The second-order valence-electron chi connectivity index (χ2n) is 7.54. The number of hydrogen-bond acceptors (Lipinski definition) is 7. The number of nitrogens with zero attached hydrogens (tertiary/aromatic N) is 6. The van der Waals surface area contributed by atoms with E-state index in [1.54, 1.807) is 14.0 Å². The maximum Gasteiger partial charge on any atom is 0.278 e. The minimum Gasteiger partial charge on any atom is -0.491 e. The van der Waals surface area contributed by atoms with Crippen molar-refractivity contribution in [3.8, 4) is 28.3 Å². The van der Waals surface area contributed by atoms with Crippen molar-refractivity contribution in [3.63, 3.8) is 0 Å². The van der Waals surface area contributed by atoms with E-state index in [0.717, 1.165) is 11.1 Å². The molecule has 2 aromatic heterocycles. The van der Waals surface area contributed by atoms with E-state index in [0.29, 0.717) is 22.6 Å². The fraction of sp³-hybridized carbons (Fsp3) is 0.261. The third-order valence-electron chi connectivity index (χ3n) is 5.18. The molecule has 0 radical (unpaired) electrons. The minimum atomic E-state index is -0.853. The summed E-state index contributed by atoms with van der Waals surface area (Å²) >= 11 is 0. The van der Waals surface area contributed by atoms with Crippen molar-refractivity contribution in [2.75, 3.05) is 6.61 Å². The Balaban J connectivity index is 1.38. The van der Waals surface area contributed by atoms with Crippen LogP contribution in [0.1, 0.15) is 11.3 Å². The van der Waals surface area contributed by atoms with Crippen LogP contribution < -0.4 is 10.3 Å². The molecule has 164 valence electrons. The molecule has 1 unspecified atom stereocenters. The van der Waals surface area contributed by atoms with E-state index in [1.165, 1.54) is 9.48 Å². The van der Waals surface area contributed by atoms with E-state index in [1.807, 2.05) is 61.5 Å². The lowest BCUT2D eigenvalue weighted by atomic mass is 10.1. The third-order valence-corrected chi connectivity index (χ3v) is 5.18. The number of aryl methyl sites for hydroxylation is 2. The Morgan fingerprint density at radius 2 is 1.69 bits per heavy atom. The van der Waals surface area contributed by atoms with Crippen molar-refractivity contribution < 1.29 is 9.84 Å². The van der Waals surface area contributed by atoms with E-state index in [2.05, 4.69) is 20.5 Å². The van der Waals surface area contributed by atoms with Gasteiger partial charge in [0.15, 0.2) is 0 Å². The zero-order valence-electron chi connectivity index (χ0n) is 18.1. The van der Waals surface area contributed by atoms with Crippen LogP contribution in [-0.2, 0) is 13.6 Å². The Kier molecular flexibility index (Phi) is 6.09. The zero-order chi connectivity index (χ0) is 22.7. The Labute approximate surface area is 184 Å². The van der Waals surface area contributed by atoms with E-state index < -0.39 is 6.10 Å². The lowest BCUT2D eigenvalue weighted by Crippen LogP contribution is -2.25. The Morgan fingerprint density at radius 1 is 1.00 bits per heavy atom. The van der Waals surface area contributed by atoms with Crippen LogP contribution in [0.3, 0.4) is 0 Å². The maximum atomic E-state index is 12.5. The number of tetrazole rings is 1. The molecule has 2 heterocycles. The molecule has 0 aliphatic carbocycles. The first-order valence-electron chi connectivity index (χ1n) is 10.2. The molecule has 32 heavy (non-hydrogen) atoms. The Hall–Kier alpha value is -3.85. The van der Waals surface area contributed by atoms with Crippen LogP contribution >= 0.6 is 0 Å². The van der Waals surface area contributed by atoms with Crippen LogP contribution in [0.5, 0.6) is 5.75 Å². The highest BCUT2D eigenvalue weighted by atomic mass is 16.5. The van der Waals surface area contributed by atoms with Gasteiger partial charge in [-0.2, -0.15) is 9.90 Å². The fourth-order valence-corrected chi connectivity index (χ4v) is 3.34. The smallest absolute Gasteiger partial charge is 0.278 e. The average Bonchev–Trinajstić information content (AvgIpc) is 3.25. The second kappa shape index (κ2) is 9.11. The summed E-state index contributed by atoms with van der Waals surface area (Å²) in [5, 5.41) is 26.7. The molecule has 4 rings (SSSR count). The van der Waals surface area contributed by atoms with Gasteiger partial charge in [0.1, 0.15) is 18.5 Å². The van der Waals surface area contributed by atoms with Crippen LogP contribution in [0.4, 0.5) is 0 Å². The zero-order valence-corrected chi connectivity index (χ0v) is 18.1. The lowest BCUT2D eigenvalue weighted by molar-refractivity contribution is 0.0850. The summed E-state index contributed by atoms with van der Waals surface area (Å²) in [6, 6.07) is 17.7. The molecule has 1 atom stereocenters. The molecule has 2 aromatic carbocycles. The van der Waals surface area contributed by atoms with Crippen LogP contribution in [0.2, 0.25) is 0 Å². The molecule has 0 fully saturated rings. The average molecular weight is 432 g/mol. The number of aliphatic hydroxyl groups is 1. The number of rotatable bonds is 7. The van der Waals surface area contributed by atoms with Gasteiger partial charge in [-0.3, -0.25) is 4.79 Å². The number of benzene rings is 2. The normalized spacial score (nSPS) is 12.0. The molecule has 0 aliphatic rings. The van der Waals surface area contributed by atoms with Crippen LogP contribution in [0.25, 0.3) is 22.5 Å². The monoisotopic (exact) mass is 432 g/mol. The first-order valence-corrected chi connectivity index (χ1v) is 10.2. The predicted molar refractivity (Wildman–Crippen MR) is 119 cm³/mol. The van der Waals surface area contributed by atoms with Gasteiger partial charge < -0.3 is 9.84 Å². The number of aromatic nitrogens is 6. The summed E-state index contributed by atoms with van der Waals surface area (Å²) in [7, 11) is 1.58. The standard InChI is InChI=1S/C23H24N6O3/c1-15-16(2)25-28(3)23(31)21(15)22-24-27-29(26-22)13-19(30)14-32-20-11-9-18(10-12-20)17-7-5-4-6-8-17/h4-12,19,30H,13-14H2,1-3H3. The van der Waals surface area contributed by atoms with Crippen LogP contribution in [-0.4, -0.2) is 47.8 Å². The van der Waals surface area contributed by atoms with Gasteiger partial charge in [-0.15, -0.1) is 10.2 Å². The first-order chi connectivity index (χ1) is 15.4.